The fourth-order valence-electron chi connectivity index (χ4n) is 3.77. The molecule has 40 heavy (non-hydrogen) atoms. The van der Waals surface area contributed by atoms with E-state index in [1.54, 1.807) is 18.3 Å². The highest BCUT2D eigenvalue weighted by Gasteiger charge is 2.22. The summed E-state index contributed by atoms with van der Waals surface area (Å²) in [6.45, 7) is 6.32. The number of nitrogens with one attached hydrogen (secondary N) is 1. The van der Waals surface area contributed by atoms with Gasteiger partial charge in [-0.25, -0.2) is 14.8 Å². The highest BCUT2D eigenvalue weighted by Crippen LogP contribution is 2.33. The number of anilines is 4. The molecule has 0 aliphatic rings. The maximum atomic E-state index is 12.7. The van der Waals surface area contributed by atoms with Crippen molar-refractivity contribution in [1.29, 1.82) is 0 Å². The summed E-state index contributed by atoms with van der Waals surface area (Å²) in [4.78, 5) is 24.5. The molecule has 0 aliphatic heterocycles. The summed E-state index contributed by atoms with van der Waals surface area (Å²) < 4.78 is 12.2. The fourth-order valence-corrected chi connectivity index (χ4v) is 5.68. The molecule has 0 saturated carbocycles. The van der Waals surface area contributed by atoms with Crippen LogP contribution < -0.4 is 15.0 Å². The van der Waals surface area contributed by atoms with E-state index in [-0.39, 0.29) is 12.3 Å². The predicted molar refractivity (Wildman–Crippen MR) is 161 cm³/mol. The first-order valence-corrected chi connectivity index (χ1v) is 14.3. The zero-order chi connectivity index (χ0) is 28.1. The molecular weight excluding hydrogens is 544 g/mol. The predicted octanol–water partition coefficient (Wildman–Crippen LogP) is 7.02. The van der Waals surface area contributed by atoms with Crippen molar-refractivity contribution in [2.24, 2.45) is 0 Å². The van der Waals surface area contributed by atoms with Gasteiger partial charge in [0.1, 0.15) is 12.4 Å². The van der Waals surface area contributed by atoms with Crippen molar-refractivity contribution < 1.29 is 14.3 Å². The number of para-hydroxylation sites is 2. The van der Waals surface area contributed by atoms with Crippen LogP contribution in [0, 0.1) is 6.92 Å². The Labute approximate surface area is 240 Å². The Morgan fingerprint density at radius 2 is 1.82 bits per heavy atom. The SMILES string of the molecule is CCOC(=O)c1nc(N(C)c2cc(C)c(Nc3nc4ccccc4s3)nn2)sc1/C=C(\C)COc1ccccc1. The Balaban J connectivity index is 1.36. The minimum Gasteiger partial charge on any atom is -0.489 e. The summed E-state index contributed by atoms with van der Waals surface area (Å²) in [6, 6.07) is 19.5. The second kappa shape index (κ2) is 12.2. The standard InChI is InChI=1S/C29H28N6O3S2/c1-5-37-27(36)25-23(15-18(2)17-38-20-11-7-6-8-12-20)40-29(31-25)35(4)24-16-19(3)26(34-33-24)32-28-30-21-13-9-10-14-22(21)39-28/h6-16H,5,17H2,1-4H3,(H,30,32,34)/b18-15+. The van der Waals surface area contributed by atoms with Crippen molar-refractivity contribution in [3.05, 3.63) is 82.4 Å². The number of aryl methyl sites for hydroxylation is 1. The molecule has 0 radical (unpaired) electrons. The highest BCUT2D eigenvalue weighted by atomic mass is 32.1. The third-order valence-corrected chi connectivity index (χ3v) is 7.85. The lowest BCUT2D eigenvalue weighted by molar-refractivity contribution is 0.0520. The molecule has 2 aromatic carbocycles. The maximum Gasteiger partial charge on any atom is 0.358 e. The number of aromatic nitrogens is 4. The van der Waals surface area contributed by atoms with Gasteiger partial charge in [0.15, 0.2) is 27.6 Å². The van der Waals surface area contributed by atoms with Crippen molar-refractivity contribution in [2.45, 2.75) is 20.8 Å². The van der Waals surface area contributed by atoms with Crippen LogP contribution in [0.15, 0.2) is 66.2 Å². The average molecular weight is 573 g/mol. The first kappa shape index (κ1) is 27.2. The Morgan fingerprint density at radius 3 is 2.58 bits per heavy atom. The molecule has 0 saturated heterocycles. The van der Waals surface area contributed by atoms with Crippen molar-refractivity contribution in [2.75, 3.05) is 30.5 Å². The number of hydrogen-bond donors (Lipinski definition) is 1. The van der Waals surface area contributed by atoms with Crippen LogP contribution in [0.1, 0.15) is 34.8 Å². The molecule has 3 aromatic heterocycles. The lowest BCUT2D eigenvalue weighted by Crippen LogP contribution is -2.13. The monoisotopic (exact) mass is 572 g/mol. The topological polar surface area (TPSA) is 102 Å². The quantitative estimate of drug-likeness (QED) is 0.177. The molecule has 0 fully saturated rings. The second-order valence-electron chi connectivity index (χ2n) is 8.93. The van der Waals surface area contributed by atoms with Gasteiger partial charge in [-0.2, -0.15) is 0 Å². The van der Waals surface area contributed by atoms with E-state index >= 15 is 0 Å². The summed E-state index contributed by atoms with van der Waals surface area (Å²) in [5.74, 6) is 1.52. The minimum atomic E-state index is -0.473. The zero-order valence-electron chi connectivity index (χ0n) is 22.5. The Morgan fingerprint density at radius 1 is 1.05 bits per heavy atom. The van der Waals surface area contributed by atoms with Gasteiger partial charge in [0.2, 0.25) is 0 Å². The number of rotatable bonds is 10. The van der Waals surface area contributed by atoms with Crippen LogP contribution in [-0.2, 0) is 4.74 Å². The van der Waals surface area contributed by atoms with Crippen LogP contribution in [0.5, 0.6) is 5.75 Å². The Hall–Kier alpha value is -4.35. The van der Waals surface area contributed by atoms with Gasteiger partial charge in [-0.1, -0.05) is 53.0 Å². The van der Waals surface area contributed by atoms with Gasteiger partial charge in [-0.15, -0.1) is 10.2 Å². The van der Waals surface area contributed by atoms with Crippen molar-refractivity contribution in [1.82, 2.24) is 20.2 Å². The van der Waals surface area contributed by atoms with E-state index in [1.807, 2.05) is 92.5 Å². The van der Waals surface area contributed by atoms with Gasteiger partial charge in [0, 0.05) is 7.05 Å². The van der Waals surface area contributed by atoms with E-state index in [2.05, 4.69) is 25.5 Å². The summed E-state index contributed by atoms with van der Waals surface area (Å²) in [7, 11) is 1.84. The molecule has 0 amide bonds. The van der Waals surface area contributed by atoms with Crippen LogP contribution in [0.2, 0.25) is 0 Å². The zero-order valence-corrected chi connectivity index (χ0v) is 24.2. The number of carbonyl (C=O) groups is 1. The summed E-state index contributed by atoms with van der Waals surface area (Å²) >= 11 is 2.93. The number of esters is 1. The summed E-state index contributed by atoms with van der Waals surface area (Å²) in [6.07, 6.45) is 1.91. The van der Waals surface area contributed by atoms with Gasteiger partial charge in [0.25, 0.3) is 0 Å². The molecule has 9 nitrogen and oxygen atoms in total. The van der Waals surface area contributed by atoms with E-state index in [4.69, 9.17) is 9.47 Å². The molecular formula is C29H28N6O3S2. The van der Waals surface area contributed by atoms with Gasteiger partial charge in [-0.3, -0.25) is 0 Å². The van der Waals surface area contributed by atoms with Crippen LogP contribution in [0.25, 0.3) is 16.3 Å². The van der Waals surface area contributed by atoms with E-state index in [9.17, 15) is 4.79 Å². The van der Waals surface area contributed by atoms with Crippen LogP contribution in [-0.4, -0.2) is 46.4 Å². The third kappa shape index (κ3) is 6.27. The number of benzene rings is 2. The van der Waals surface area contributed by atoms with E-state index in [0.717, 1.165) is 32.2 Å². The largest absolute Gasteiger partial charge is 0.489 e. The van der Waals surface area contributed by atoms with Crippen molar-refractivity contribution in [3.8, 4) is 5.75 Å². The number of fused-ring (bicyclic) bond motifs is 1. The smallest absolute Gasteiger partial charge is 0.358 e. The average Bonchev–Trinajstić information content (AvgIpc) is 3.57. The van der Waals surface area contributed by atoms with Crippen molar-refractivity contribution in [3.63, 3.8) is 0 Å². The summed E-state index contributed by atoms with van der Waals surface area (Å²) in [5, 5.41) is 13.4. The summed E-state index contributed by atoms with van der Waals surface area (Å²) in [5.41, 5.74) is 3.02. The van der Waals surface area contributed by atoms with Gasteiger partial charge in [-0.05, 0) is 68.3 Å². The lowest BCUT2D eigenvalue weighted by atomic mass is 10.2. The molecule has 1 N–H and O–H groups in total. The van der Waals surface area contributed by atoms with E-state index < -0.39 is 5.97 Å². The molecule has 0 atom stereocenters. The highest BCUT2D eigenvalue weighted by molar-refractivity contribution is 7.22. The van der Waals surface area contributed by atoms with Gasteiger partial charge >= 0.3 is 5.97 Å². The molecule has 11 heteroatoms. The second-order valence-corrected chi connectivity index (χ2v) is 11.0. The van der Waals surface area contributed by atoms with E-state index in [1.165, 1.54) is 11.3 Å². The first-order chi connectivity index (χ1) is 19.4. The lowest BCUT2D eigenvalue weighted by Gasteiger charge is -2.15. The molecule has 5 aromatic rings. The van der Waals surface area contributed by atoms with Gasteiger partial charge in [0.05, 0.1) is 21.7 Å². The number of hydrogen-bond acceptors (Lipinski definition) is 11. The molecule has 204 valence electrons. The molecule has 0 spiro atoms. The molecule has 5 rings (SSSR count). The number of ether oxygens (including phenoxy) is 2. The Bertz CT molecular complexity index is 1630. The molecule has 0 aliphatic carbocycles. The normalized spacial score (nSPS) is 11.4. The number of nitrogens with zero attached hydrogens (tertiary/aromatic N) is 5. The first-order valence-electron chi connectivity index (χ1n) is 12.6. The van der Waals surface area contributed by atoms with Crippen LogP contribution in [0.3, 0.4) is 0 Å². The third-order valence-electron chi connectivity index (χ3n) is 5.82. The fraction of sp³-hybridized carbons (Fsp3) is 0.207. The molecule has 3 heterocycles. The van der Waals surface area contributed by atoms with Crippen LogP contribution in [0.4, 0.5) is 21.9 Å². The van der Waals surface area contributed by atoms with Crippen molar-refractivity contribution >= 4 is 66.8 Å². The Kier molecular flexibility index (Phi) is 8.32. The number of carbonyl (C=O) groups excluding carboxylic acids is 1. The maximum absolute atomic E-state index is 12.7. The minimum absolute atomic E-state index is 0.256. The number of thiazole rings is 2. The molecule has 0 unspecified atom stereocenters. The van der Waals surface area contributed by atoms with E-state index in [0.29, 0.717) is 28.3 Å². The van der Waals surface area contributed by atoms with Gasteiger partial charge < -0.3 is 19.7 Å². The molecule has 0 bridgehead atoms. The van der Waals surface area contributed by atoms with Crippen LogP contribution >= 0.6 is 22.7 Å².